The average Bonchev–Trinajstić information content (AvgIpc) is 2.92. The summed E-state index contributed by atoms with van der Waals surface area (Å²) in [5.41, 5.74) is 14.6. The van der Waals surface area contributed by atoms with Gasteiger partial charge in [0.05, 0.1) is 18.7 Å². The number of nitrogens with zero attached hydrogens (tertiary/aromatic N) is 1. The summed E-state index contributed by atoms with van der Waals surface area (Å²) in [5, 5.41) is 7.61. The third-order valence-corrected chi connectivity index (χ3v) is 7.83. The molecular formula is C30H31N5O4S. The average molecular weight is 558 g/mol. The van der Waals surface area contributed by atoms with Crippen molar-refractivity contribution in [1.82, 2.24) is 4.57 Å². The van der Waals surface area contributed by atoms with Crippen molar-refractivity contribution >= 4 is 27.5 Å². The summed E-state index contributed by atoms with van der Waals surface area (Å²) >= 11 is 0. The Bertz CT molecular complexity index is 1700. The van der Waals surface area contributed by atoms with Crippen molar-refractivity contribution in [3.63, 3.8) is 0 Å². The summed E-state index contributed by atoms with van der Waals surface area (Å²) in [6.45, 7) is 1.83. The highest BCUT2D eigenvalue weighted by Gasteiger charge is 2.25. The van der Waals surface area contributed by atoms with E-state index in [9.17, 15) is 18.0 Å². The van der Waals surface area contributed by atoms with Gasteiger partial charge in [0.1, 0.15) is 11.5 Å². The van der Waals surface area contributed by atoms with Crippen LogP contribution in [0.5, 0.6) is 0 Å². The lowest BCUT2D eigenvalue weighted by Gasteiger charge is -2.22. The van der Waals surface area contributed by atoms with Crippen LogP contribution in [0.3, 0.4) is 0 Å². The van der Waals surface area contributed by atoms with Crippen LogP contribution in [0.25, 0.3) is 0 Å². The molecule has 4 rings (SSSR count). The van der Waals surface area contributed by atoms with Crippen molar-refractivity contribution in [2.75, 3.05) is 4.72 Å². The number of anilines is 1. The molecule has 0 bridgehead atoms. The normalized spacial score (nSPS) is 11.2. The molecule has 0 radical (unpaired) electrons. The fourth-order valence-electron chi connectivity index (χ4n) is 4.61. The maximum Gasteiger partial charge on any atom is 0.275 e. The molecule has 10 heteroatoms. The van der Waals surface area contributed by atoms with Crippen molar-refractivity contribution in [2.24, 2.45) is 11.5 Å². The van der Waals surface area contributed by atoms with Gasteiger partial charge in [-0.05, 0) is 34.7 Å². The van der Waals surface area contributed by atoms with E-state index in [4.69, 9.17) is 16.9 Å². The molecule has 0 atom stereocenters. The van der Waals surface area contributed by atoms with Crippen LogP contribution >= 0.6 is 0 Å². The lowest BCUT2D eigenvalue weighted by atomic mass is 9.95. The van der Waals surface area contributed by atoms with Crippen LogP contribution in [0.4, 0.5) is 5.69 Å². The first-order chi connectivity index (χ1) is 19.0. The van der Waals surface area contributed by atoms with Crippen molar-refractivity contribution < 1.29 is 13.2 Å². The van der Waals surface area contributed by atoms with Gasteiger partial charge in [-0.25, -0.2) is 8.42 Å². The second kappa shape index (κ2) is 12.0. The largest absolute Gasteiger partial charge is 0.384 e. The molecule has 1 amide bonds. The van der Waals surface area contributed by atoms with Gasteiger partial charge >= 0.3 is 0 Å². The molecular weight excluding hydrogens is 526 g/mol. The lowest BCUT2D eigenvalue weighted by Crippen LogP contribution is -2.32. The highest BCUT2D eigenvalue weighted by atomic mass is 32.2. The Morgan fingerprint density at radius 2 is 1.43 bits per heavy atom. The van der Waals surface area contributed by atoms with E-state index in [1.165, 1.54) is 4.57 Å². The molecule has 0 spiro atoms. The fourth-order valence-corrected chi connectivity index (χ4v) is 5.83. The Morgan fingerprint density at radius 3 is 1.98 bits per heavy atom. The first-order valence-corrected chi connectivity index (χ1v) is 14.2. The van der Waals surface area contributed by atoms with E-state index < -0.39 is 21.5 Å². The predicted molar refractivity (Wildman–Crippen MR) is 157 cm³/mol. The smallest absolute Gasteiger partial charge is 0.275 e. The molecule has 9 nitrogen and oxygen atoms in total. The topological polar surface area (TPSA) is 161 Å². The van der Waals surface area contributed by atoms with Gasteiger partial charge in [0.15, 0.2) is 0 Å². The highest BCUT2D eigenvalue weighted by Crippen LogP contribution is 2.26. The third-order valence-electron chi connectivity index (χ3n) is 6.60. The number of primary amides is 1. The highest BCUT2D eigenvalue weighted by molar-refractivity contribution is 7.91. The zero-order valence-electron chi connectivity index (χ0n) is 22.1. The molecule has 0 unspecified atom stereocenters. The van der Waals surface area contributed by atoms with E-state index in [0.717, 1.165) is 11.1 Å². The molecule has 0 fully saturated rings. The molecule has 0 aliphatic carbocycles. The molecule has 1 aromatic heterocycles. The number of carbonyl (C=O) groups excluding carboxylic acids is 1. The number of carbonyl (C=O) groups is 1. The van der Waals surface area contributed by atoms with Gasteiger partial charge in [-0.15, -0.1) is 0 Å². The summed E-state index contributed by atoms with van der Waals surface area (Å²) in [5.74, 6) is -1.01. The summed E-state index contributed by atoms with van der Waals surface area (Å²) in [7, 11) is -4.00. The summed E-state index contributed by atoms with van der Waals surface area (Å²) in [4.78, 5) is 26.2. The number of nitrogens with one attached hydrogen (secondary N) is 2. The van der Waals surface area contributed by atoms with Crippen molar-refractivity contribution in [1.29, 1.82) is 5.41 Å². The number of amidine groups is 1. The molecule has 0 aliphatic rings. The SMILES string of the molecule is Cc1c(CC(N)=O)c(Cc2ccccc2)c(NS(=O)(=O)Cc2ccccc2)c(=O)n1Cc1ccc(C(=N)N)cc1. The van der Waals surface area contributed by atoms with E-state index in [1.807, 2.05) is 30.3 Å². The predicted octanol–water partition coefficient (Wildman–Crippen LogP) is 3.05. The van der Waals surface area contributed by atoms with Crippen LogP contribution in [0.2, 0.25) is 0 Å². The number of sulfonamides is 1. The number of amides is 1. The van der Waals surface area contributed by atoms with Crippen molar-refractivity contribution in [2.45, 2.75) is 32.1 Å². The van der Waals surface area contributed by atoms with Crippen LogP contribution in [0.15, 0.2) is 89.7 Å². The Balaban J connectivity index is 1.88. The fraction of sp³-hybridized carbons (Fsp3) is 0.167. The Hall–Kier alpha value is -4.70. The quantitative estimate of drug-likeness (QED) is 0.164. The maximum absolute atomic E-state index is 14.0. The third kappa shape index (κ3) is 6.83. The molecule has 6 N–H and O–H groups in total. The summed E-state index contributed by atoms with van der Waals surface area (Å²) in [6, 6.07) is 24.8. The first kappa shape index (κ1) is 28.3. The Kier molecular flexibility index (Phi) is 8.49. The van der Waals surface area contributed by atoms with E-state index in [-0.39, 0.29) is 36.7 Å². The molecule has 1 heterocycles. The summed E-state index contributed by atoms with van der Waals surface area (Å²) in [6.07, 6.45) is 0.0435. The monoisotopic (exact) mass is 557 g/mol. The van der Waals surface area contributed by atoms with Gasteiger partial charge in [-0.3, -0.25) is 19.7 Å². The number of nitrogen functional groups attached to an aromatic ring is 1. The number of aromatic nitrogens is 1. The number of pyridine rings is 1. The second-order valence-corrected chi connectivity index (χ2v) is 11.3. The van der Waals surface area contributed by atoms with Gasteiger partial charge in [0.25, 0.3) is 5.56 Å². The number of rotatable bonds is 11. The molecule has 3 aromatic carbocycles. The number of hydrogen-bond donors (Lipinski definition) is 4. The zero-order valence-corrected chi connectivity index (χ0v) is 22.9. The summed E-state index contributed by atoms with van der Waals surface area (Å²) < 4.78 is 30.7. The van der Waals surface area contributed by atoms with Crippen LogP contribution in [0.1, 0.15) is 39.1 Å². The molecule has 0 saturated heterocycles. The first-order valence-electron chi connectivity index (χ1n) is 12.6. The van der Waals surface area contributed by atoms with Gasteiger partial charge in [-0.1, -0.05) is 84.9 Å². The zero-order chi connectivity index (χ0) is 28.9. The van der Waals surface area contributed by atoms with Crippen molar-refractivity contribution in [3.8, 4) is 0 Å². The van der Waals surface area contributed by atoms with E-state index in [2.05, 4.69) is 4.72 Å². The van der Waals surface area contributed by atoms with Crippen LogP contribution in [0, 0.1) is 12.3 Å². The van der Waals surface area contributed by atoms with Gasteiger partial charge < -0.3 is 16.0 Å². The Morgan fingerprint density at radius 1 is 0.850 bits per heavy atom. The molecule has 0 aliphatic heterocycles. The Labute approximate surface area is 233 Å². The van der Waals surface area contributed by atoms with E-state index in [1.54, 1.807) is 61.5 Å². The molecule has 4 aromatic rings. The van der Waals surface area contributed by atoms with Gasteiger partial charge in [0.2, 0.25) is 15.9 Å². The second-order valence-electron chi connectivity index (χ2n) is 9.57. The van der Waals surface area contributed by atoms with Gasteiger partial charge in [-0.2, -0.15) is 0 Å². The van der Waals surface area contributed by atoms with Crippen molar-refractivity contribution in [3.05, 3.63) is 134 Å². The van der Waals surface area contributed by atoms with E-state index >= 15 is 0 Å². The maximum atomic E-state index is 14.0. The molecule has 40 heavy (non-hydrogen) atoms. The number of hydrogen-bond acceptors (Lipinski definition) is 5. The minimum absolute atomic E-state index is 0.0796. The van der Waals surface area contributed by atoms with E-state index in [0.29, 0.717) is 27.9 Å². The molecule has 0 saturated carbocycles. The lowest BCUT2D eigenvalue weighted by molar-refractivity contribution is -0.117. The van der Waals surface area contributed by atoms with Crippen LogP contribution < -0.4 is 21.7 Å². The van der Waals surface area contributed by atoms with Crippen LogP contribution in [-0.2, 0) is 40.0 Å². The number of benzene rings is 3. The van der Waals surface area contributed by atoms with Crippen LogP contribution in [-0.4, -0.2) is 24.7 Å². The van der Waals surface area contributed by atoms with Gasteiger partial charge in [0, 0.05) is 17.7 Å². The minimum Gasteiger partial charge on any atom is -0.384 e. The standard InChI is InChI=1S/C30H31N5O4S/c1-20-25(17-27(31)36)26(16-21-8-4-2-5-9-21)28(34-40(38,39)19-23-10-6-3-7-11-23)30(37)35(20)18-22-12-14-24(15-13-22)29(32)33/h2-15,34H,16-19H2,1H3,(H2,31,36)(H3,32,33). The molecule has 206 valence electrons. The number of nitrogens with two attached hydrogens (primary N) is 2. The minimum atomic E-state index is -4.00.